The Kier molecular flexibility index (Phi) is 10.5. The maximum absolute atomic E-state index is 14.1. The van der Waals surface area contributed by atoms with Gasteiger partial charge in [-0.2, -0.15) is 74.6 Å². The van der Waals surface area contributed by atoms with Crippen LogP contribution in [0.25, 0.3) is 0 Å². The molecule has 0 saturated carbocycles. The monoisotopic (exact) mass is 705 g/mol. The van der Waals surface area contributed by atoms with Crippen molar-refractivity contribution >= 4 is 11.8 Å². The van der Waals surface area contributed by atoms with Gasteiger partial charge in [-0.3, -0.25) is 14.5 Å². The molecule has 1 aromatic rings. The minimum atomic E-state index is -8.68. The average Bonchev–Trinajstić information content (AvgIpc) is 3.12. The van der Waals surface area contributed by atoms with Crippen molar-refractivity contribution in [2.24, 2.45) is 11.8 Å². The highest BCUT2D eigenvalue weighted by molar-refractivity contribution is 6.04. The fourth-order valence-corrected chi connectivity index (χ4v) is 4.73. The van der Waals surface area contributed by atoms with Gasteiger partial charge in [0.15, 0.2) is 0 Å². The molecule has 0 radical (unpaired) electrons. The molecule has 3 atom stereocenters. The summed E-state index contributed by atoms with van der Waals surface area (Å²) >= 11 is 0. The molecule has 1 saturated heterocycles. The minimum Gasteiger partial charge on any atom is -0.282 e. The normalized spacial score (nSPS) is 20.5. The second kappa shape index (κ2) is 12.3. The Balaban J connectivity index is 2.18. The Hall–Kier alpha value is -2.83. The Labute approximate surface area is 249 Å². The number of carbonyl (C=O) groups is 2. The number of likely N-dealkylation sites (tertiary alicyclic amines) is 1. The first-order valence-electron chi connectivity index (χ1n) is 13.1. The van der Waals surface area contributed by atoms with E-state index in [2.05, 4.69) is 0 Å². The third-order valence-electron chi connectivity index (χ3n) is 7.73. The number of unbranched alkanes of at least 4 members (excludes halogenated alkanes) is 1. The largest absolute Gasteiger partial charge is 0.460 e. The third kappa shape index (κ3) is 6.12. The van der Waals surface area contributed by atoms with E-state index in [1.165, 1.54) is 6.92 Å². The predicted molar refractivity (Wildman–Crippen MR) is 123 cm³/mol. The molecule has 20 heteroatoms. The zero-order valence-corrected chi connectivity index (χ0v) is 23.3. The van der Waals surface area contributed by atoms with E-state index in [0.717, 1.165) is 5.56 Å². The summed E-state index contributed by atoms with van der Waals surface area (Å²) in [5, 5.41) is 0. The summed E-state index contributed by atoms with van der Waals surface area (Å²) in [7, 11) is 0. The van der Waals surface area contributed by atoms with Gasteiger partial charge < -0.3 is 0 Å². The van der Waals surface area contributed by atoms with Gasteiger partial charge in [-0.05, 0) is 30.7 Å². The molecule has 1 heterocycles. The Morgan fingerprint density at radius 1 is 0.630 bits per heavy atom. The average molecular weight is 705 g/mol. The lowest BCUT2D eigenvalue weighted by atomic mass is 9.85. The van der Waals surface area contributed by atoms with Crippen LogP contribution in [0.1, 0.15) is 51.0 Å². The van der Waals surface area contributed by atoms with Crippen LogP contribution in [0.3, 0.4) is 0 Å². The molecule has 0 aromatic heterocycles. The van der Waals surface area contributed by atoms with Crippen LogP contribution >= 0.6 is 0 Å². The molecule has 0 bridgehead atoms. The Morgan fingerprint density at radius 2 is 1.07 bits per heavy atom. The van der Waals surface area contributed by atoms with Crippen molar-refractivity contribution in [1.82, 2.24) is 4.90 Å². The number of carbonyl (C=O) groups excluding carboxylic acids is 2. The molecular formula is C26H24F17NO2. The Morgan fingerprint density at radius 3 is 1.52 bits per heavy atom. The van der Waals surface area contributed by atoms with Crippen LogP contribution in [0.4, 0.5) is 74.6 Å². The van der Waals surface area contributed by atoms with Gasteiger partial charge in [-0.1, -0.05) is 44.2 Å². The molecule has 2 rings (SSSR count). The van der Waals surface area contributed by atoms with Gasteiger partial charge in [-0.15, -0.1) is 0 Å². The first kappa shape index (κ1) is 39.3. The number of rotatable bonds is 14. The minimum absolute atomic E-state index is 0.123. The number of hydrogen-bond acceptors (Lipinski definition) is 2. The fraction of sp³-hybridized carbons (Fsp3) is 0.692. The standard InChI is InChI=1S/C26H24F17NO2/c1-13(15-8-4-3-5-9-15)12-16-14(2)17(45)44(18(16)46)11-7-6-10-19(27,28)20(29,30)21(31,32)22(33,34)23(35,36)24(37,38)25(39,40)26(41,42)43/h3-5,8-9,13-14,16H,6-7,10-12H2,1-2H3. The zero-order valence-electron chi connectivity index (χ0n) is 23.3. The molecule has 264 valence electrons. The van der Waals surface area contributed by atoms with Crippen LogP contribution in [-0.4, -0.2) is 70.9 Å². The van der Waals surface area contributed by atoms with Crippen LogP contribution in [0.15, 0.2) is 30.3 Å². The molecule has 3 unspecified atom stereocenters. The van der Waals surface area contributed by atoms with Crippen molar-refractivity contribution in [3.05, 3.63) is 35.9 Å². The highest BCUT2D eigenvalue weighted by Crippen LogP contribution is 2.64. The molecule has 1 aliphatic heterocycles. The molecule has 2 amide bonds. The second-order valence-electron chi connectivity index (χ2n) is 10.9. The number of nitrogens with zero attached hydrogens (tertiary/aromatic N) is 1. The van der Waals surface area contributed by atoms with Gasteiger partial charge >= 0.3 is 47.6 Å². The van der Waals surface area contributed by atoms with E-state index in [4.69, 9.17) is 0 Å². The number of benzene rings is 1. The number of imide groups is 1. The molecule has 0 aliphatic carbocycles. The molecule has 0 spiro atoms. The summed E-state index contributed by atoms with van der Waals surface area (Å²) in [6.07, 6.45) is -12.6. The number of hydrogen-bond donors (Lipinski definition) is 0. The van der Waals surface area contributed by atoms with Crippen molar-refractivity contribution < 1.29 is 84.2 Å². The number of alkyl halides is 17. The lowest BCUT2D eigenvalue weighted by Crippen LogP contribution is -2.74. The van der Waals surface area contributed by atoms with Crippen molar-refractivity contribution in [3.63, 3.8) is 0 Å². The van der Waals surface area contributed by atoms with E-state index in [9.17, 15) is 84.2 Å². The van der Waals surface area contributed by atoms with E-state index in [0.29, 0.717) is 4.90 Å². The molecule has 1 aliphatic rings. The lowest BCUT2D eigenvalue weighted by molar-refractivity contribution is -0.461. The van der Waals surface area contributed by atoms with Gasteiger partial charge in [0.25, 0.3) is 0 Å². The van der Waals surface area contributed by atoms with Crippen molar-refractivity contribution in [2.45, 2.75) is 93.1 Å². The third-order valence-corrected chi connectivity index (χ3v) is 7.73. The van der Waals surface area contributed by atoms with Crippen LogP contribution < -0.4 is 0 Å². The molecule has 46 heavy (non-hydrogen) atoms. The van der Waals surface area contributed by atoms with Gasteiger partial charge in [0.1, 0.15) is 0 Å². The summed E-state index contributed by atoms with van der Waals surface area (Å²) in [5.41, 5.74) is 0.787. The number of amides is 2. The maximum atomic E-state index is 14.1. The van der Waals surface area contributed by atoms with Gasteiger partial charge in [-0.25, -0.2) is 0 Å². The summed E-state index contributed by atoms with van der Waals surface area (Å²) in [6.45, 7) is 2.29. The van der Waals surface area contributed by atoms with Crippen LogP contribution in [0.5, 0.6) is 0 Å². The smallest absolute Gasteiger partial charge is 0.282 e. The van der Waals surface area contributed by atoms with E-state index >= 15 is 0 Å². The molecule has 0 N–H and O–H groups in total. The van der Waals surface area contributed by atoms with Gasteiger partial charge in [0, 0.05) is 18.9 Å². The SMILES string of the molecule is CC(CC1C(=O)N(CCCCC(F)(F)C(F)(F)C(F)(F)C(F)(F)C(F)(F)C(F)(F)C(F)(F)C(F)(F)F)C(=O)C1C)c1ccccc1. The van der Waals surface area contributed by atoms with Gasteiger partial charge in [0.05, 0.1) is 5.92 Å². The van der Waals surface area contributed by atoms with Crippen molar-refractivity contribution in [3.8, 4) is 0 Å². The summed E-state index contributed by atoms with van der Waals surface area (Å²) in [4.78, 5) is 25.9. The van der Waals surface area contributed by atoms with Crippen LogP contribution in [0.2, 0.25) is 0 Å². The molecule has 1 fully saturated rings. The van der Waals surface area contributed by atoms with Gasteiger partial charge in [0.2, 0.25) is 11.8 Å². The fourth-order valence-electron chi connectivity index (χ4n) is 4.73. The predicted octanol–water partition coefficient (Wildman–Crippen LogP) is 8.98. The van der Waals surface area contributed by atoms with E-state index in [1.54, 1.807) is 37.3 Å². The molecule has 1 aromatic carbocycles. The zero-order chi connectivity index (χ0) is 36.1. The van der Waals surface area contributed by atoms with Crippen molar-refractivity contribution in [1.29, 1.82) is 0 Å². The maximum Gasteiger partial charge on any atom is 0.460 e. The summed E-state index contributed by atoms with van der Waals surface area (Å²) < 4.78 is 228. The van der Waals surface area contributed by atoms with Crippen LogP contribution in [0, 0.1) is 11.8 Å². The Bertz CT molecular complexity index is 1250. The first-order chi connectivity index (χ1) is 20.5. The number of halogens is 17. The summed E-state index contributed by atoms with van der Waals surface area (Å²) in [6, 6.07) is 8.58. The molecule has 3 nitrogen and oxygen atoms in total. The van der Waals surface area contributed by atoms with E-state index in [1.807, 2.05) is 0 Å². The van der Waals surface area contributed by atoms with E-state index in [-0.39, 0.29) is 12.3 Å². The quantitative estimate of drug-likeness (QED) is 0.110. The van der Waals surface area contributed by atoms with Crippen LogP contribution in [-0.2, 0) is 9.59 Å². The highest BCUT2D eigenvalue weighted by Gasteiger charge is 2.95. The van der Waals surface area contributed by atoms with Crippen molar-refractivity contribution in [2.75, 3.05) is 6.54 Å². The van der Waals surface area contributed by atoms with E-state index < -0.39 is 97.1 Å². The molecular weight excluding hydrogens is 681 g/mol. The first-order valence-corrected chi connectivity index (χ1v) is 13.1. The topological polar surface area (TPSA) is 37.4 Å². The second-order valence-corrected chi connectivity index (χ2v) is 10.9. The summed E-state index contributed by atoms with van der Waals surface area (Å²) in [5.74, 6) is -60.5. The highest BCUT2D eigenvalue weighted by atomic mass is 19.4. The lowest BCUT2D eigenvalue weighted by Gasteiger charge is -2.42.